The van der Waals surface area contributed by atoms with Crippen LogP contribution in [0.3, 0.4) is 0 Å². The highest BCUT2D eigenvalue weighted by Gasteiger charge is 2.22. The summed E-state index contributed by atoms with van der Waals surface area (Å²) in [5.41, 5.74) is 11.6. The van der Waals surface area contributed by atoms with E-state index in [2.05, 4.69) is 66.7 Å². The number of benzene rings is 5. The van der Waals surface area contributed by atoms with E-state index in [0.29, 0.717) is 5.82 Å². The van der Waals surface area contributed by atoms with Gasteiger partial charge in [-0.2, -0.15) is 0 Å². The van der Waals surface area contributed by atoms with Crippen molar-refractivity contribution >= 4 is 28.4 Å². The number of para-hydroxylation sites is 1. The zero-order valence-corrected chi connectivity index (χ0v) is 24.8. The van der Waals surface area contributed by atoms with Crippen LogP contribution in [-0.4, -0.2) is 26.4 Å². The molecule has 8 rings (SSSR count). The van der Waals surface area contributed by atoms with E-state index < -0.39 is 0 Å². The minimum absolute atomic E-state index is 0.209. The highest BCUT2D eigenvalue weighted by atomic mass is 14.9. The Bertz CT molecular complexity index is 2260. The molecule has 0 radical (unpaired) electrons. The molecule has 0 aliphatic heterocycles. The van der Waals surface area contributed by atoms with Crippen molar-refractivity contribution in [3.05, 3.63) is 157 Å². The highest BCUT2D eigenvalue weighted by molar-refractivity contribution is 6.54. The topological polar surface area (TPSA) is 86.4 Å². The molecule has 0 amide bonds. The number of hydrogen-bond acceptors (Lipinski definition) is 5. The number of nitrogens with zero attached hydrogens (tertiary/aromatic N) is 3. The zero-order valence-electron chi connectivity index (χ0n) is 24.8. The zero-order chi connectivity index (χ0) is 31.0. The lowest BCUT2D eigenvalue weighted by Crippen LogP contribution is -2.17. The fourth-order valence-corrected chi connectivity index (χ4v) is 6.01. The molecule has 0 unspecified atom stereocenters. The van der Waals surface area contributed by atoms with Crippen molar-refractivity contribution in [1.29, 1.82) is 10.8 Å². The molecule has 0 bridgehead atoms. The molecule has 0 atom stereocenters. The first kappa shape index (κ1) is 27.2. The molecule has 2 N–H and O–H groups in total. The molecule has 7 aromatic rings. The first-order valence-corrected chi connectivity index (χ1v) is 15.1. The van der Waals surface area contributed by atoms with E-state index in [1.807, 2.05) is 78.9 Å². The van der Waals surface area contributed by atoms with Crippen molar-refractivity contribution in [3.63, 3.8) is 0 Å². The lowest BCUT2D eigenvalue weighted by Gasteiger charge is -2.19. The van der Waals surface area contributed by atoms with Gasteiger partial charge in [-0.1, -0.05) is 121 Å². The summed E-state index contributed by atoms with van der Waals surface area (Å²) in [5, 5.41) is 17.8. The Morgan fingerprint density at radius 3 is 1.80 bits per heavy atom. The fraction of sp³-hybridized carbons (Fsp3) is 0. The lowest BCUT2D eigenvalue weighted by molar-refractivity contribution is 1.18. The molecule has 46 heavy (non-hydrogen) atoms. The number of aromatic nitrogens is 3. The number of fused-ring (bicyclic) bond motifs is 3. The fourth-order valence-electron chi connectivity index (χ4n) is 6.01. The second kappa shape index (κ2) is 11.3. The Morgan fingerprint density at radius 2 is 1.04 bits per heavy atom. The number of rotatable bonds is 5. The molecule has 0 fully saturated rings. The molecule has 5 heteroatoms. The predicted molar refractivity (Wildman–Crippen MR) is 188 cm³/mol. The van der Waals surface area contributed by atoms with Gasteiger partial charge in [0.15, 0.2) is 5.82 Å². The standard InChI is InChI=1S/C41H27N5/c42-34-23-22-33-38(39(34)43)32-16-7-8-17-35(32)44-40(33)28-20-18-26(19-21-28)30-14-9-15-31(24-30)37-25-36(27-10-3-1-4-11-27)45-41(46-37)29-12-5-2-6-13-29/h1-25,42-43H. The number of hydrogen-bond donors (Lipinski definition) is 2. The number of pyridine rings is 1. The SMILES string of the molecule is N=C1C=Cc2c(-c3ccc(-c4cccc(-c5cc(-c6ccccc6)nc(-c6ccccc6)n5)c4)cc3)nc3ccccc3c2C1=N. The third-order valence-electron chi connectivity index (χ3n) is 8.34. The van der Waals surface area contributed by atoms with Crippen LogP contribution in [-0.2, 0) is 0 Å². The van der Waals surface area contributed by atoms with Crippen molar-refractivity contribution in [2.45, 2.75) is 0 Å². The van der Waals surface area contributed by atoms with Crippen LogP contribution in [0.15, 0.2) is 146 Å². The molecule has 0 saturated heterocycles. The van der Waals surface area contributed by atoms with Gasteiger partial charge in [0.05, 0.1) is 34.0 Å². The molecular formula is C41H27N5. The number of allylic oxidation sites excluding steroid dienone is 1. The van der Waals surface area contributed by atoms with Crippen LogP contribution in [0.25, 0.3) is 73.3 Å². The molecule has 5 aromatic carbocycles. The van der Waals surface area contributed by atoms with Gasteiger partial charge in [0.1, 0.15) is 0 Å². The highest BCUT2D eigenvalue weighted by Crippen LogP contribution is 2.35. The van der Waals surface area contributed by atoms with E-state index in [9.17, 15) is 0 Å². The first-order valence-electron chi connectivity index (χ1n) is 15.1. The van der Waals surface area contributed by atoms with Crippen LogP contribution >= 0.6 is 0 Å². The summed E-state index contributed by atoms with van der Waals surface area (Å²) in [5.74, 6) is 0.690. The van der Waals surface area contributed by atoms with Gasteiger partial charge < -0.3 is 0 Å². The van der Waals surface area contributed by atoms with Gasteiger partial charge in [-0.25, -0.2) is 15.0 Å². The van der Waals surface area contributed by atoms with Crippen LogP contribution in [0.4, 0.5) is 0 Å². The molecule has 2 aromatic heterocycles. The van der Waals surface area contributed by atoms with Crippen LogP contribution < -0.4 is 0 Å². The average Bonchev–Trinajstić information content (AvgIpc) is 3.13. The summed E-state index contributed by atoms with van der Waals surface area (Å²) in [6.07, 6.45) is 3.60. The Hall–Kier alpha value is -6.33. The summed E-state index contributed by atoms with van der Waals surface area (Å²) in [6, 6.07) is 47.1. The summed E-state index contributed by atoms with van der Waals surface area (Å²) in [6.45, 7) is 0. The van der Waals surface area contributed by atoms with E-state index in [1.165, 1.54) is 0 Å². The van der Waals surface area contributed by atoms with E-state index in [4.69, 9.17) is 25.8 Å². The normalized spacial score (nSPS) is 12.3. The molecule has 0 spiro atoms. The number of nitrogens with one attached hydrogen (secondary N) is 2. The lowest BCUT2D eigenvalue weighted by atomic mass is 9.88. The maximum absolute atomic E-state index is 8.67. The molecule has 216 valence electrons. The molecular weight excluding hydrogens is 562 g/mol. The van der Waals surface area contributed by atoms with E-state index in [-0.39, 0.29) is 11.4 Å². The molecule has 5 nitrogen and oxygen atoms in total. The van der Waals surface area contributed by atoms with Gasteiger partial charge >= 0.3 is 0 Å². The van der Waals surface area contributed by atoms with Gasteiger partial charge in [-0.05, 0) is 41.5 Å². The molecule has 1 aliphatic rings. The first-order chi connectivity index (χ1) is 22.6. The van der Waals surface area contributed by atoms with Crippen LogP contribution in [0.2, 0.25) is 0 Å². The third kappa shape index (κ3) is 4.90. The van der Waals surface area contributed by atoms with Crippen molar-refractivity contribution < 1.29 is 0 Å². The average molecular weight is 590 g/mol. The Balaban J connectivity index is 1.19. The summed E-state index contributed by atoms with van der Waals surface area (Å²) < 4.78 is 0. The largest absolute Gasteiger partial charge is 0.299 e. The minimum Gasteiger partial charge on any atom is -0.299 e. The summed E-state index contributed by atoms with van der Waals surface area (Å²) >= 11 is 0. The van der Waals surface area contributed by atoms with Crippen molar-refractivity contribution in [1.82, 2.24) is 15.0 Å². The molecule has 2 heterocycles. The van der Waals surface area contributed by atoms with Gasteiger partial charge in [-0.15, -0.1) is 0 Å². The van der Waals surface area contributed by atoms with Crippen LogP contribution in [0, 0.1) is 10.8 Å². The van der Waals surface area contributed by atoms with Gasteiger partial charge in [-0.3, -0.25) is 10.8 Å². The summed E-state index contributed by atoms with van der Waals surface area (Å²) in [4.78, 5) is 14.9. The minimum atomic E-state index is 0.209. The Morgan fingerprint density at radius 1 is 0.435 bits per heavy atom. The Kier molecular flexibility index (Phi) is 6.69. The second-order valence-corrected chi connectivity index (χ2v) is 11.2. The van der Waals surface area contributed by atoms with Gasteiger partial charge in [0.25, 0.3) is 0 Å². The molecule has 1 aliphatic carbocycles. The van der Waals surface area contributed by atoms with Crippen molar-refractivity contribution in [2.75, 3.05) is 0 Å². The Labute approximate surface area is 266 Å². The monoisotopic (exact) mass is 589 g/mol. The summed E-state index contributed by atoms with van der Waals surface area (Å²) in [7, 11) is 0. The van der Waals surface area contributed by atoms with E-state index in [1.54, 1.807) is 6.08 Å². The smallest absolute Gasteiger partial charge is 0.160 e. The van der Waals surface area contributed by atoms with E-state index >= 15 is 0 Å². The third-order valence-corrected chi connectivity index (χ3v) is 8.34. The van der Waals surface area contributed by atoms with Crippen molar-refractivity contribution in [3.8, 4) is 56.3 Å². The second-order valence-electron chi connectivity index (χ2n) is 11.2. The van der Waals surface area contributed by atoms with Crippen molar-refractivity contribution in [2.24, 2.45) is 0 Å². The van der Waals surface area contributed by atoms with Gasteiger partial charge in [0.2, 0.25) is 0 Å². The van der Waals surface area contributed by atoms with Crippen LogP contribution in [0.5, 0.6) is 0 Å². The maximum atomic E-state index is 8.67. The predicted octanol–water partition coefficient (Wildman–Crippen LogP) is 9.77. The van der Waals surface area contributed by atoms with Crippen LogP contribution in [0.1, 0.15) is 11.1 Å². The van der Waals surface area contributed by atoms with E-state index in [0.717, 1.165) is 72.5 Å². The quantitative estimate of drug-likeness (QED) is 0.210. The molecule has 0 saturated carbocycles. The maximum Gasteiger partial charge on any atom is 0.160 e. The van der Waals surface area contributed by atoms with Gasteiger partial charge in [0, 0.05) is 38.8 Å².